The standard InChI is InChI=1S/C23H22N6O2/c24-13-16-6-4-8-18(12-16)26-23(31)28-11-5-7-17(14-28)21-20(22(25)30)15-29(27-21)19-9-2-1-3-10-19/h1-4,6,8-10,12,15,17H,5,7,11,14H2,(H2,25,30)(H,26,31). The third kappa shape index (κ3) is 4.41. The highest BCUT2D eigenvalue weighted by molar-refractivity contribution is 5.94. The summed E-state index contributed by atoms with van der Waals surface area (Å²) in [4.78, 5) is 26.6. The van der Waals surface area contributed by atoms with E-state index in [-0.39, 0.29) is 11.9 Å². The molecule has 1 aromatic heterocycles. The third-order valence-electron chi connectivity index (χ3n) is 5.37. The van der Waals surface area contributed by atoms with Crippen molar-refractivity contribution in [3.63, 3.8) is 0 Å². The van der Waals surface area contributed by atoms with Gasteiger partial charge in [0.2, 0.25) is 0 Å². The number of likely N-dealkylation sites (tertiary alicyclic amines) is 1. The summed E-state index contributed by atoms with van der Waals surface area (Å²) in [6.07, 6.45) is 3.24. The fraction of sp³-hybridized carbons (Fsp3) is 0.217. The summed E-state index contributed by atoms with van der Waals surface area (Å²) >= 11 is 0. The van der Waals surface area contributed by atoms with E-state index < -0.39 is 5.91 Å². The van der Waals surface area contributed by atoms with Gasteiger partial charge in [0.05, 0.1) is 28.6 Å². The van der Waals surface area contributed by atoms with E-state index in [1.54, 1.807) is 40.0 Å². The van der Waals surface area contributed by atoms with Crippen molar-refractivity contribution in [1.82, 2.24) is 14.7 Å². The zero-order chi connectivity index (χ0) is 21.8. The maximum atomic E-state index is 12.8. The van der Waals surface area contributed by atoms with E-state index in [4.69, 9.17) is 11.0 Å². The number of carbonyl (C=O) groups is 2. The predicted octanol–water partition coefficient (Wildman–Crippen LogP) is 3.25. The number of nitrogens with two attached hydrogens (primary N) is 1. The van der Waals surface area contributed by atoms with Crippen LogP contribution in [0.1, 0.15) is 40.4 Å². The molecular formula is C23H22N6O2. The Morgan fingerprint density at radius 1 is 1.16 bits per heavy atom. The largest absolute Gasteiger partial charge is 0.365 e. The van der Waals surface area contributed by atoms with Gasteiger partial charge in [-0.25, -0.2) is 9.48 Å². The normalized spacial score (nSPS) is 15.8. The molecule has 2 heterocycles. The molecule has 0 saturated carbocycles. The number of carbonyl (C=O) groups excluding carboxylic acids is 2. The molecule has 1 unspecified atom stereocenters. The van der Waals surface area contributed by atoms with E-state index in [1.165, 1.54) is 0 Å². The first-order valence-corrected chi connectivity index (χ1v) is 10.1. The average Bonchev–Trinajstić information content (AvgIpc) is 3.26. The molecule has 4 rings (SSSR count). The lowest BCUT2D eigenvalue weighted by Gasteiger charge is -2.32. The van der Waals surface area contributed by atoms with Crippen molar-refractivity contribution < 1.29 is 9.59 Å². The van der Waals surface area contributed by atoms with Gasteiger partial charge in [-0.15, -0.1) is 0 Å². The van der Waals surface area contributed by atoms with Crippen molar-refractivity contribution in [2.45, 2.75) is 18.8 Å². The number of piperidine rings is 1. The zero-order valence-corrected chi connectivity index (χ0v) is 16.9. The lowest BCUT2D eigenvalue weighted by Crippen LogP contribution is -2.42. The highest BCUT2D eigenvalue weighted by Gasteiger charge is 2.30. The van der Waals surface area contributed by atoms with Gasteiger partial charge in [-0.1, -0.05) is 24.3 Å². The summed E-state index contributed by atoms with van der Waals surface area (Å²) in [6.45, 7) is 1.03. The molecule has 0 spiro atoms. The number of hydrogen-bond acceptors (Lipinski definition) is 4. The van der Waals surface area contributed by atoms with Crippen molar-refractivity contribution >= 4 is 17.6 Å². The van der Waals surface area contributed by atoms with Crippen LogP contribution >= 0.6 is 0 Å². The van der Waals surface area contributed by atoms with Crippen LogP contribution in [-0.4, -0.2) is 39.7 Å². The molecule has 31 heavy (non-hydrogen) atoms. The van der Waals surface area contributed by atoms with Crippen LogP contribution in [0.2, 0.25) is 0 Å². The average molecular weight is 414 g/mol. The summed E-state index contributed by atoms with van der Waals surface area (Å²) in [5.41, 5.74) is 8.49. The number of para-hydroxylation sites is 1. The Morgan fingerprint density at radius 3 is 2.71 bits per heavy atom. The molecule has 1 atom stereocenters. The monoisotopic (exact) mass is 414 g/mol. The maximum absolute atomic E-state index is 12.8. The van der Waals surface area contributed by atoms with Crippen LogP contribution in [0.3, 0.4) is 0 Å². The minimum Gasteiger partial charge on any atom is -0.365 e. The second-order valence-corrected chi connectivity index (χ2v) is 7.48. The van der Waals surface area contributed by atoms with Crippen molar-refractivity contribution in [3.05, 3.63) is 77.6 Å². The van der Waals surface area contributed by atoms with Gasteiger partial charge in [0, 0.05) is 30.9 Å². The van der Waals surface area contributed by atoms with E-state index in [2.05, 4.69) is 16.5 Å². The molecule has 3 amide bonds. The number of primary amides is 1. The smallest absolute Gasteiger partial charge is 0.321 e. The Balaban J connectivity index is 1.54. The molecule has 8 nitrogen and oxygen atoms in total. The topological polar surface area (TPSA) is 117 Å². The van der Waals surface area contributed by atoms with Gasteiger partial charge < -0.3 is 16.0 Å². The number of hydrogen-bond donors (Lipinski definition) is 2. The molecular weight excluding hydrogens is 392 g/mol. The summed E-state index contributed by atoms with van der Waals surface area (Å²) in [5, 5.41) is 16.5. The minimum absolute atomic E-state index is 0.0996. The molecule has 2 aromatic carbocycles. The van der Waals surface area contributed by atoms with Gasteiger partial charge >= 0.3 is 6.03 Å². The highest BCUT2D eigenvalue weighted by atomic mass is 16.2. The molecule has 8 heteroatoms. The number of nitrogens with zero attached hydrogens (tertiary/aromatic N) is 4. The number of nitrogens with one attached hydrogen (secondary N) is 1. The molecule has 0 bridgehead atoms. The van der Waals surface area contributed by atoms with E-state index >= 15 is 0 Å². The summed E-state index contributed by atoms with van der Waals surface area (Å²) < 4.78 is 1.65. The molecule has 3 N–H and O–H groups in total. The van der Waals surface area contributed by atoms with Crippen molar-refractivity contribution in [1.29, 1.82) is 5.26 Å². The van der Waals surface area contributed by atoms with E-state index in [1.807, 2.05) is 30.3 Å². The predicted molar refractivity (Wildman–Crippen MR) is 116 cm³/mol. The first kappa shape index (κ1) is 20.2. The SMILES string of the molecule is N#Cc1cccc(NC(=O)N2CCCC(c3nn(-c4ccccc4)cc3C(N)=O)C2)c1. The second-order valence-electron chi connectivity index (χ2n) is 7.48. The van der Waals surface area contributed by atoms with Crippen LogP contribution in [-0.2, 0) is 0 Å². The van der Waals surface area contributed by atoms with Crippen molar-refractivity contribution in [3.8, 4) is 11.8 Å². The van der Waals surface area contributed by atoms with Crippen LogP contribution in [0, 0.1) is 11.3 Å². The van der Waals surface area contributed by atoms with Crippen molar-refractivity contribution in [2.75, 3.05) is 18.4 Å². The van der Waals surface area contributed by atoms with E-state index in [9.17, 15) is 9.59 Å². The molecule has 1 aliphatic rings. The Kier molecular flexibility index (Phi) is 5.67. The fourth-order valence-electron chi connectivity index (χ4n) is 3.85. The van der Waals surface area contributed by atoms with Gasteiger partial charge in [0.25, 0.3) is 5.91 Å². The first-order chi connectivity index (χ1) is 15.0. The second kappa shape index (κ2) is 8.71. The molecule has 0 radical (unpaired) electrons. The number of aromatic nitrogens is 2. The molecule has 1 aliphatic heterocycles. The summed E-state index contributed by atoms with van der Waals surface area (Å²) in [6, 6.07) is 18.1. The third-order valence-corrected chi connectivity index (χ3v) is 5.37. The number of anilines is 1. The van der Waals surface area contributed by atoms with E-state index in [0.29, 0.717) is 35.6 Å². The number of nitriles is 1. The molecule has 1 saturated heterocycles. The summed E-state index contributed by atoms with van der Waals surface area (Å²) in [7, 11) is 0. The van der Waals surface area contributed by atoms with Gasteiger partial charge in [0.1, 0.15) is 0 Å². The van der Waals surface area contributed by atoms with Crippen LogP contribution in [0.5, 0.6) is 0 Å². The molecule has 3 aromatic rings. The molecule has 156 valence electrons. The van der Waals surface area contributed by atoms with Gasteiger partial charge in [-0.2, -0.15) is 10.4 Å². The van der Waals surface area contributed by atoms with Crippen LogP contribution < -0.4 is 11.1 Å². The maximum Gasteiger partial charge on any atom is 0.321 e. The minimum atomic E-state index is -0.535. The van der Waals surface area contributed by atoms with Crippen LogP contribution in [0.4, 0.5) is 10.5 Å². The number of rotatable bonds is 4. The number of amides is 3. The highest BCUT2D eigenvalue weighted by Crippen LogP contribution is 2.29. The number of urea groups is 1. The lowest BCUT2D eigenvalue weighted by molar-refractivity contribution is 0.0998. The fourth-order valence-corrected chi connectivity index (χ4v) is 3.85. The number of benzene rings is 2. The zero-order valence-electron chi connectivity index (χ0n) is 16.9. The first-order valence-electron chi connectivity index (χ1n) is 10.1. The quantitative estimate of drug-likeness (QED) is 0.681. The van der Waals surface area contributed by atoms with Crippen LogP contribution in [0.25, 0.3) is 5.69 Å². The lowest BCUT2D eigenvalue weighted by atomic mass is 9.92. The summed E-state index contributed by atoms with van der Waals surface area (Å²) in [5.74, 6) is -0.635. The molecule has 1 fully saturated rings. The van der Waals surface area contributed by atoms with Crippen molar-refractivity contribution in [2.24, 2.45) is 5.73 Å². The molecule has 0 aliphatic carbocycles. The van der Waals surface area contributed by atoms with E-state index in [0.717, 1.165) is 18.5 Å². The Morgan fingerprint density at radius 2 is 1.97 bits per heavy atom. The Bertz CT molecular complexity index is 1150. The van der Waals surface area contributed by atoms with Gasteiger partial charge in [-0.05, 0) is 43.2 Å². The van der Waals surface area contributed by atoms with Gasteiger partial charge in [-0.3, -0.25) is 4.79 Å². The Hall–Kier alpha value is -4.12. The van der Waals surface area contributed by atoms with Gasteiger partial charge in [0.15, 0.2) is 0 Å². The Labute approximate surface area is 179 Å². The van der Waals surface area contributed by atoms with Crippen LogP contribution in [0.15, 0.2) is 60.8 Å².